The normalized spacial score (nSPS) is 15.2. The van der Waals surface area contributed by atoms with Crippen LogP contribution in [0.15, 0.2) is 42.0 Å². The number of hydrogen-bond donors (Lipinski definition) is 2. The van der Waals surface area contributed by atoms with Crippen LogP contribution in [-0.4, -0.2) is 35.1 Å². The lowest BCUT2D eigenvalue weighted by Gasteiger charge is -2.14. The van der Waals surface area contributed by atoms with Crippen molar-refractivity contribution in [3.63, 3.8) is 0 Å². The van der Waals surface area contributed by atoms with Gasteiger partial charge in [0.1, 0.15) is 5.75 Å². The Balaban J connectivity index is 1.88. The van der Waals surface area contributed by atoms with Crippen LogP contribution < -0.4 is 14.4 Å². The molecular weight excluding hydrogens is 366 g/mol. The minimum absolute atomic E-state index is 0.0431. The van der Waals surface area contributed by atoms with E-state index in [9.17, 15) is 24.6 Å². The number of imide groups is 1. The summed E-state index contributed by atoms with van der Waals surface area (Å²) in [6.07, 6.45) is 1.34. The summed E-state index contributed by atoms with van der Waals surface area (Å²) in [5.41, 5.74) is 0.969. The van der Waals surface area contributed by atoms with Crippen LogP contribution in [0.2, 0.25) is 0 Å². The predicted octanol–water partition coefficient (Wildman–Crippen LogP) is 2.38. The summed E-state index contributed by atoms with van der Waals surface area (Å²) in [5.74, 6) is -1.85. The average molecular weight is 383 g/mol. The topological polar surface area (TPSA) is 113 Å². The predicted molar refractivity (Wildman–Crippen MR) is 99.2 cm³/mol. The molecule has 0 atom stereocenters. The van der Waals surface area contributed by atoms with E-state index in [4.69, 9.17) is 9.47 Å². The molecule has 2 aromatic carbocycles. The summed E-state index contributed by atoms with van der Waals surface area (Å²) in [5, 5.41) is 19.5. The summed E-state index contributed by atoms with van der Waals surface area (Å²) in [7, 11) is 1.33. The minimum Gasteiger partial charge on any atom is -0.504 e. The molecule has 1 aliphatic rings. The summed E-state index contributed by atoms with van der Waals surface area (Å²) in [6.45, 7) is 1.27. The summed E-state index contributed by atoms with van der Waals surface area (Å²) < 4.78 is 9.90. The number of benzene rings is 2. The smallest absolute Gasteiger partial charge is 0.308 e. The van der Waals surface area contributed by atoms with E-state index in [-0.39, 0.29) is 17.7 Å². The Hall–Kier alpha value is -3.81. The van der Waals surface area contributed by atoms with Crippen molar-refractivity contribution in [2.75, 3.05) is 12.0 Å². The molecule has 3 rings (SSSR count). The number of esters is 1. The molecule has 2 amide bonds. The number of carbonyl (C=O) groups excluding carboxylic acids is 3. The van der Waals surface area contributed by atoms with Crippen molar-refractivity contribution < 1.29 is 34.1 Å². The highest BCUT2D eigenvalue weighted by atomic mass is 16.5. The maximum atomic E-state index is 12.7. The fourth-order valence-electron chi connectivity index (χ4n) is 2.83. The van der Waals surface area contributed by atoms with Gasteiger partial charge in [0.25, 0.3) is 5.91 Å². The fourth-order valence-corrected chi connectivity index (χ4v) is 2.83. The maximum Gasteiger partial charge on any atom is 0.308 e. The first kappa shape index (κ1) is 19.0. The fraction of sp³-hybridized carbons (Fsp3) is 0.150. The molecule has 1 fully saturated rings. The van der Waals surface area contributed by atoms with Crippen LogP contribution in [0, 0.1) is 0 Å². The molecule has 0 aliphatic carbocycles. The van der Waals surface area contributed by atoms with Crippen molar-refractivity contribution in [1.82, 2.24) is 0 Å². The number of phenols is 2. The molecule has 0 bridgehead atoms. The van der Waals surface area contributed by atoms with Crippen LogP contribution in [0.3, 0.4) is 0 Å². The van der Waals surface area contributed by atoms with Gasteiger partial charge in [-0.2, -0.15) is 0 Å². The Labute approximate surface area is 160 Å². The quantitative estimate of drug-likeness (QED) is 0.274. The third-order valence-corrected chi connectivity index (χ3v) is 4.06. The Kier molecular flexibility index (Phi) is 5.04. The molecule has 28 heavy (non-hydrogen) atoms. The van der Waals surface area contributed by atoms with Crippen molar-refractivity contribution in [3.05, 3.63) is 47.5 Å². The SMILES string of the molecule is COc1cc(/C=C2\CC(=O)N(c3ccc(OC(C)=O)cc3)C2=O)cc(O)c1O. The molecule has 1 saturated heterocycles. The van der Waals surface area contributed by atoms with Gasteiger partial charge in [-0.3, -0.25) is 14.4 Å². The third kappa shape index (κ3) is 3.66. The summed E-state index contributed by atoms with van der Waals surface area (Å²) in [4.78, 5) is 37.1. The first-order chi connectivity index (χ1) is 13.3. The molecule has 0 saturated carbocycles. The number of methoxy groups -OCH3 is 1. The van der Waals surface area contributed by atoms with Gasteiger partial charge in [-0.05, 0) is 48.0 Å². The number of anilines is 1. The zero-order valence-corrected chi connectivity index (χ0v) is 15.1. The number of ether oxygens (including phenoxy) is 2. The van der Waals surface area contributed by atoms with Crippen LogP contribution in [-0.2, 0) is 14.4 Å². The van der Waals surface area contributed by atoms with E-state index < -0.39 is 29.3 Å². The standard InChI is InChI=1S/C20H17NO7/c1-11(22)28-15-5-3-14(4-6-15)21-18(24)10-13(20(21)26)7-12-8-16(23)19(25)17(9-12)27-2/h3-9,23,25H,10H2,1-2H3/b13-7+. The van der Waals surface area contributed by atoms with Crippen LogP contribution in [0.5, 0.6) is 23.0 Å². The molecule has 1 heterocycles. The highest BCUT2D eigenvalue weighted by Gasteiger charge is 2.35. The van der Waals surface area contributed by atoms with Crippen molar-refractivity contribution in [2.45, 2.75) is 13.3 Å². The van der Waals surface area contributed by atoms with Gasteiger partial charge in [-0.25, -0.2) is 4.90 Å². The lowest BCUT2D eigenvalue weighted by atomic mass is 10.1. The number of phenolic OH excluding ortho intramolecular Hbond substituents is 2. The van der Waals surface area contributed by atoms with Crippen molar-refractivity contribution >= 4 is 29.5 Å². The Morgan fingerprint density at radius 2 is 1.82 bits per heavy atom. The van der Waals surface area contributed by atoms with Crippen molar-refractivity contribution in [3.8, 4) is 23.0 Å². The van der Waals surface area contributed by atoms with Gasteiger partial charge in [-0.1, -0.05) is 0 Å². The van der Waals surface area contributed by atoms with E-state index >= 15 is 0 Å². The Morgan fingerprint density at radius 3 is 2.43 bits per heavy atom. The third-order valence-electron chi connectivity index (χ3n) is 4.06. The number of amides is 2. The molecule has 0 aromatic heterocycles. The number of carbonyl (C=O) groups is 3. The number of hydrogen-bond acceptors (Lipinski definition) is 7. The molecule has 2 N–H and O–H groups in total. The average Bonchev–Trinajstić information content (AvgIpc) is 2.91. The molecule has 2 aromatic rings. The van der Waals surface area contributed by atoms with E-state index in [0.717, 1.165) is 4.90 Å². The molecule has 0 unspecified atom stereocenters. The molecule has 0 spiro atoms. The largest absolute Gasteiger partial charge is 0.504 e. The second-order valence-electron chi connectivity index (χ2n) is 6.06. The van der Waals surface area contributed by atoms with Gasteiger partial charge in [-0.15, -0.1) is 0 Å². The van der Waals surface area contributed by atoms with Crippen LogP contribution in [0.25, 0.3) is 6.08 Å². The van der Waals surface area contributed by atoms with Crippen LogP contribution in [0.4, 0.5) is 5.69 Å². The second kappa shape index (κ2) is 7.43. The van der Waals surface area contributed by atoms with Gasteiger partial charge in [0.05, 0.1) is 19.2 Å². The summed E-state index contributed by atoms with van der Waals surface area (Å²) >= 11 is 0. The molecule has 8 heteroatoms. The Morgan fingerprint density at radius 1 is 1.14 bits per heavy atom. The maximum absolute atomic E-state index is 12.7. The Bertz CT molecular complexity index is 992. The van der Waals surface area contributed by atoms with Gasteiger partial charge >= 0.3 is 5.97 Å². The lowest BCUT2D eigenvalue weighted by Crippen LogP contribution is -2.28. The van der Waals surface area contributed by atoms with Gasteiger partial charge < -0.3 is 19.7 Å². The molecular formula is C20H17NO7. The van der Waals surface area contributed by atoms with Crippen LogP contribution >= 0.6 is 0 Å². The number of nitrogens with zero attached hydrogens (tertiary/aromatic N) is 1. The second-order valence-corrected chi connectivity index (χ2v) is 6.06. The monoisotopic (exact) mass is 383 g/mol. The first-order valence-corrected chi connectivity index (χ1v) is 8.26. The minimum atomic E-state index is -0.503. The number of aromatic hydroxyl groups is 2. The highest BCUT2D eigenvalue weighted by molar-refractivity contribution is 6.29. The van der Waals surface area contributed by atoms with E-state index in [0.29, 0.717) is 17.0 Å². The van der Waals surface area contributed by atoms with Crippen LogP contribution in [0.1, 0.15) is 18.9 Å². The first-order valence-electron chi connectivity index (χ1n) is 8.26. The van der Waals surface area contributed by atoms with Gasteiger partial charge in [0.15, 0.2) is 11.5 Å². The molecule has 144 valence electrons. The summed E-state index contributed by atoms with van der Waals surface area (Å²) in [6, 6.07) is 8.69. The van der Waals surface area contributed by atoms with E-state index in [2.05, 4.69) is 0 Å². The van der Waals surface area contributed by atoms with E-state index in [1.165, 1.54) is 56.5 Å². The lowest BCUT2D eigenvalue weighted by molar-refractivity contribution is -0.132. The molecule has 8 nitrogen and oxygen atoms in total. The molecule has 0 radical (unpaired) electrons. The van der Waals surface area contributed by atoms with Gasteiger partial charge in [0, 0.05) is 12.5 Å². The van der Waals surface area contributed by atoms with Crippen molar-refractivity contribution in [2.24, 2.45) is 0 Å². The molecule has 1 aliphatic heterocycles. The zero-order valence-electron chi connectivity index (χ0n) is 15.1. The van der Waals surface area contributed by atoms with Gasteiger partial charge in [0.2, 0.25) is 11.7 Å². The van der Waals surface area contributed by atoms with E-state index in [1.807, 2.05) is 0 Å². The zero-order chi connectivity index (χ0) is 20.4. The van der Waals surface area contributed by atoms with E-state index in [1.54, 1.807) is 0 Å². The highest BCUT2D eigenvalue weighted by Crippen LogP contribution is 2.37. The van der Waals surface area contributed by atoms with Crippen molar-refractivity contribution in [1.29, 1.82) is 0 Å². The number of rotatable bonds is 4.